The number of hydrogen-bond acceptors (Lipinski definition) is 6. The summed E-state index contributed by atoms with van der Waals surface area (Å²) in [6.07, 6.45) is 2.37. The van der Waals surface area contributed by atoms with Crippen LogP contribution in [0.2, 0.25) is 0 Å². The topological polar surface area (TPSA) is 71.1 Å². The van der Waals surface area contributed by atoms with Gasteiger partial charge in [0.1, 0.15) is 4.90 Å². The lowest BCUT2D eigenvalue weighted by Gasteiger charge is -2.07. The van der Waals surface area contributed by atoms with Crippen molar-refractivity contribution in [2.24, 2.45) is 0 Å². The van der Waals surface area contributed by atoms with Crippen LogP contribution in [0.4, 0.5) is 5.13 Å². The molecule has 0 radical (unpaired) electrons. The van der Waals surface area contributed by atoms with Crippen LogP contribution in [-0.2, 0) is 16.6 Å². The Morgan fingerprint density at radius 3 is 2.76 bits per heavy atom. The molecule has 0 amide bonds. The van der Waals surface area contributed by atoms with Crippen molar-refractivity contribution in [3.05, 3.63) is 26.9 Å². The summed E-state index contributed by atoms with van der Waals surface area (Å²) < 4.78 is 27.6. The number of sulfonamides is 1. The fraction of sp³-hybridized carbons (Fsp3) is 0.462. The Labute approximate surface area is 132 Å². The highest BCUT2D eigenvalue weighted by molar-refractivity contribution is 7.93. The highest BCUT2D eigenvalue weighted by atomic mass is 32.2. The zero-order valence-corrected chi connectivity index (χ0v) is 14.3. The molecule has 2 N–H and O–H groups in total. The van der Waals surface area contributed by atoms with Crippen molar-refractivity contribution in [2.75, 3.05) is 4.72 Å². The second-order valence-electron chi connectivity index (χ2n) is 5.13. The van der Waals surface area contributed by atoms with Gasteiger partial charge in [0, 0.05) is 22.3 Å². The van der Waals surface area contributed by atoms with Gasteiger partial charge in [0.25, 0.3) is 10.0 Å². The standard InChI is InChI=1S/C13H17N3O2S3/c1-8-9(2)20-13(15-8)16-21(17,18)12-5-6-19-11(12)7-14-10-3-4-10/h5-6,10,14H,3-4,7H2,1-2H3,(H,15,16). The minimum Gasteiger partial charge on any atom is -0.309 e. The monoisotopic (exact) mass is 343 g/mol. The summed E-state index contributed by atoms with van der Waals surface area (Å²) in [5, 5.41) is 5.60. The molecule has 8 heteroatoms. The fourth-order valence-electron chi connectivity index (χ4n) is 1.91. The average Bonchev–Trinajstić information content (AvgIpc) is 3.01. The quantitative estimate of drug-likeness (QED) is 0.846. The van der Waals surface area contributed by atoms with Gasteiger partial charge >= 0.3 is 0 Å². The number of rotatable bonds is 6. The summed E-state index contributed by atoms with van der Waals surface area (Å²) in [6, 6.07) is 2.21. The molecule has 5 nitrogen and oxygen atoms in total. The summed E-state index contributed by atoms with van der Waals surface area (Å²) in [7, 11) is -3.56. The van der Waals surface area contributed by atoms with Crippen molar-refractivity contribution in [3.8, 4) is 0 Å². The van der Waals surface area contributed by atoms with Gasteiger partial charge < -0.3 is 5.32 Å². The van der Waals surface area contributed by atoms with Crippen LogP contribution >= 0.6 is 22.7 Å². The lowest BCUT2D eigenvalue weighted by atomic mass is 10.4. The molecular weight excluding hydrogens is 326 g/mol. The van der Waals surface area contributed by atoms with Crippen LogP contribution in [0.1, 0.15) is 28.3 Å². The zero-order chi connectivity index (χ0) is 15.0. The molecule has 1 aliphatic rings. The first-order valence-corrected chi connectivity index (χ1v) is 9.90. The third-order valence-electron chi connectivity index (χ3n) is 3.37. The SMILES string of the molecule is Cc1nc(NS(=O)(=O)c2ccsc2CNC2CC2)sc1C. The largest absolute Gasteiger partial charge is 0.309 e. The van der Waals surface area contributed by atoms with E-state index in [1.54, 1.807) is 6.07 Å². The van der Waals surface area contributed by atoms with E-state index in [9.17, 15) is 8.42 Å². The molecule has 0 aliphatic heterocycles. The Hall–Kier alpha value is -0.960. The van der Waals surface area contributed by atoms with Gasteiger partial charge in [-0.3, -0.25) is 4.72 Å². The summed E-state index contributed by atoms with van der Waals surface area (Å²) >= 11 is 2.83. The van der Waals surface area contributed by atoms with E-state index in [-0.39, 0.29) is 0 Å². The number of thiophene rings is 1. The molecule has 21 heavy (non-hydrogen) atoms. The van der Waals surface area contributed by atoms with Crippen LogP contribution in [-0.4, -0.2) is 19.4 Å². The first kappa shape index (κ1) is 15.0. The van der Waals surface area contributed by atoms with Crippen LogP contribution < -0.4 is 10.0 Å². The number of anilines is 1. The van der Waals surface area contributed by atoms with Crippen molar-refractivity contribution < 1.29 is 8.42 Å². The molecule has 0 saturated heterocycles. The van der Waals surface area contributed by atoms with Crippen molar-refractivity contribution in [3.63, 3.8) is 0 Å². The van der Waals surface area contributed by atoms with Gasteiger partial charge in [-0.1, -0.05) is 0 Å². The van der Waals surface area contributed by atoms with Crippen LogP contribution in [0.25, 0.3) is 0 Å². The zero-order valence-electron chi connectivity index (χ0n) is 11.8. The highest BCUT2D eigenvalue weighted by Gasteiger charge is 2.24. The Balaban J connectivity index is 1.79. The maximum absolute atomic E-state index is 12.5. The van der Waals surface area contributed by atoms with Crippen LogP contribution in [0.15, 0.2) is 16.3 Å². The average molecular weight is 343 g/mol. The molecule has 0 bridgehead atoms. The number of aryl methyl sites for hydroxylation is 2. The molecule has 0 atom stereocenters. The summed E-state index contributed by atoms with van der Waals surface area (Å²) in [5.74, 6) is 0. The smallest absolute Gasteiger partial charge is 0.264 e. The van der Waals surface area contributed by atoms with Crippen molar-refractivity contribution >= 4 is 37.8 Å². The van der Waals surface area contributed by atoms with E-state index >= 15 is 0 Å². The predicted molar refractivity (Wildman–Crippen MR) is 86.6 cm³/mol. The minimum absolute atomic E-state index is 0.353. The molecule has 0 spiro atoms. The second kappa shape index (κ2) is 5.68. The maximum Gasteiger partial charge on any atom is 0.264 e. The summed E-state index contributed by atoms with van der Waals surface area (Å²) in [6.45, 7) is 4.41. The molecule has 1 saturated carbocycles. The summed E-state index contributed by atoms with van der Waals surface area (Å²) in [5.41, 5.74) is 0.860. The molecule has 2 aromatic heterocycles. The molecular formula is C13H17N3O2S3. The fourth-order valence-corrected chi connectivity index (χ4v) is 5.35. The van der Waals surface area contributed by atoms with Gasteiger partial charge in [-0.15, -0.1) is 22.7 Å². The Morgan fingerprint density at radius 2 is 2.14 bits per heavy atom. The first-order chi connectivity index (χ1) is 9.95. The van der Waals surface area contributed by atoms with Gasteiger partial charge in [0.15, 0.2) is 5.13 Å². The van der Waals surface area contributed by atoms with Gasteiger partial charge in [0.2, 0.25) is 0 Å². The predicted octanol–water partition coefficient (Wildman–Crippen LogP) is 2.87. The van der Waals surface area contributed by atoms with E-state index in [2.05, 4.69) is 15.0 Å². The first-order valence-electron chi connectivity index (χ1n) is 6.72. The lowest BCUT2D eigenvalue weighted by molar-refractivity contribution is 0.599. The van der Waals surface area contributed by atoms with E-state index in [1.807, 2.05) is 19.2 Å². The van der Waals surface area contributed by atoms with Gasteiger partial charge in [-0.05, 0) is 38.1 Å². The van der Waals surface area contributed by atoms with Crippen molar-refractivity contribution in [1.29, 1.82) is 0 Å². The van der Waals surface area contributed by atoms with Crippen LogP contribution in [0, 0.1) is 13.8 Å². The van der Waals surface area contributed by atoms with Crippen LogP contribution in [0.5, 0.6) is 0 Å². The number of nitrogens with one attached hydrogen (secondary N) is 2. The van der Waals surface area contributed by atoms with E-state index in [0.29, 0.717) is 22.6 Å². The Bertz CT molecular complexity index is 725. The molecule has 2 aromatic rings. The molecule has 2 heterocycles. The lowest BCUT2D eigenvalue weighted by Crippen LogP contribution is -2.18. The number of hydrogen-bond donors (Lipinski definition) is 2. The van der Waals surface area contributed by atoms with Gasteiger partial charge in [-0.2, -0.15) is 0 Å². The maximum atomic E-state index is 12.5. The molecule has 3 rings (SSSR count). The third-order valence-corrected chi connectivity index (χ3v) is 6.96. The third kappa shape index (κ3) is 3.45. The second-order valence-corrected chi connectivity index (χ2v) is 8.98. The molecule has 114 valence electrons. The minimum atomic E-state index is -3.56. The normalized spacial score (nSPS) is 15.3. The van der Waals surface area contributed by atoms with Crippen molar-refractivity contribution in [2.45, 2.75) is 44.2 Å². The van der Waals surface area contributed by atoms with E-state index in [0.717, 1.165) is 15.4 Å². The molecule has 0 unspecified atom stereocenters. The van der Waals surface area contributed by atoms with Gasteiger partial charge in [-0.25, -0.2) is 13.4 Å². The number of nitrogens with zero attached hydrogens (tertiary/aromatic N) is 1. The molecule has 1 fully saturated rings. The highest BCUT2D eigenvalue weighted by Crippen LogP contribution is 2.28. The summed E-state index contributed by atoms with van der Waals surface area (Å²) in [4.78, 5) is 6.46. The van der Waals surface area contributed by atoms with E-state index in [1.165, 1.54) is 35.5 Å². The molecule has 1 aliphatic carbocycles. The van der Waals surface area contributed by atoms with E-state index in [4.69, 9.17) is 0 Å². The number of aromatic nitrogens is 1. The molecule has 0 aromatic carbocycles. The van der Waals surface area contributed by atoms with Crippen LogP contribution in [0.3, 0.4) is 0 Å². The Kier molecular flexibility index (Phi) is 4.04. The van der Waals surface area contributed by atoms with Crippen molar-refractivity contribution in [1.82, 2.24) is 10.3 Å². The number of thiazole rings is 1. The van der Waals surface area contributed by atoms with Gasteiger partial charge in [0.05, 0.1) is 5.69 Å². The Morgan fingerprint density at radius 1 is 1.38 bits per heavy atom. The van der Waals surface area contributed by atoms with E-state index < -0.39 is 10.0 Å².